The quantitative estimate of drug-likeness (QED) is 0.357. The number of aromatic nitrogens is 2. The monoisotopic (exact) mass is 456 g/mol. The van der Waals surface area contributed by atoms with E-state index >= 15 is 0 Å². The van der Waals surface area contributed by atoms with Crippen LogP contribution >= 0.6 is 11.6 Å². The number of allylic oxidation sites excluding steroid dienone is 1. The number of benzene rings is 3. The van der Waals surface area contributed by atoms with Gasteiger partial charge in [0.2, 0.25) is 5.95 Å². The van der Waals surface area contributed by atoms with Gasteiger partial charge in [-0.15, -0.1) is 0 Å². The average molecular weight is 457 g/mol. The molecule has 0 radical (unpaired) electrons. The van der Waals surface area contributed by atoms with E-state index in [1.54, 1.807) is 12.1 Å². The molecule has 2 heterocycles. The van der Waals surface area contributed by atoms with Crippen LogP contribution in [0.15, 0.2) is 84.1 Å². The van der Waals surface area contributed by atoms with E-state index in [4.69, 9.17) is 16.6 Å². The van der Waals surface area contributed by atoms with E-state index in [1.165, 1.54) is 5.56 Å². The first-order chi connectivity index (χ1) is 15.9. The predicted molar refractivity (Wildman–Crippen MR) is 135 cm³/mol. The molecule has 0 aliphatic carbocycles. The van der Waals surface area contributed by atoms with Crippen molar-refractivity contribution in [1.29, 1.82) is 0 Å². The molecule has 0 saturated carbocycles. The second-order valence-corrected chi connectivity index (χ2v) is 9.02. The maximum atomic E-state index is 13.7. The summed E-state index contributed by atoms with van der Waals surface area (Å²) in [6.07, 6.45) is 0. The molecule has 33 heavy (non-hydrogen) atoms. The number of amides is 1. The van der Waals surface area contributed by atoms with Crippen molar-refractivity contribution in [2.45, 2.75) is 32.7 Å². The summed E-state index contributed by atoms with van der Waals surface area (Å²) >= 11 is 6.32. The second kappa shape index (κ2) is 8.41. The van der Waals surface area contributed by atoms with Gasteiger partial charge >= 0.3 is 0 Å². The van der Waals surface area contributed by atoms with Crippen molar-refractivity contribution >= 4 is 40.2 Å². The van der Waals surface area contributed by atoms with Crippen molar-refractivity contribution in [3.63, 3.8) is 0 Å². The molecule has 0 fully saturated rings. The van der Waals surface area contributed by atoms with Crippen molar-refractivity contribution in [3.05, 3.63) is 100 Å². The van der Waals surface area contributed by atoms with Crippen LogP contribution in [0.5, 0.6) is 0 Å². The number of para-hydroxylation sites is 3. The van der Waals surface area contributed by atoms with Crippen LogP contribution in [0.3, 0.4) is 0 Å². The van der Waals surface area contributed by atoms with E-state index in [0.717, 1.165) is 28.2 Å². The zero-order chi connectivity index (χ0) is 23.1. The molecule has 1 aliphatic rings. The van der Waals surface area contributed by atoms with Gasteiger partial charge in [0.15, 0.2) is 0 Å². The molecule has 0 saturated heterocycles. The van der Waals surface area contributed by atoms with E-state index < -0.39 is 0 Å². The van der Waals surface area contributed by atoms with Gasteiger partial charge in [-0.1, -0.05) is 74.0 Å². The summed E-state index contributed by atoms with van der Waals surface area (Å²) < 4.78 is 2.11. The van der Waals surface area contributed by atoms with Gasteiger partial charge in [0.25, 0.3) is 5.91 Å². The maximum absolute atomic E-state index is 13.7. The second-order valence-electron chi connectivity index (χ2n) is 8.62. The first-order valence-electron chi connectivity index (χ1n) is 11.0. The smallest absolute Gasteiger partial charge is 0.255 e. The fraction of sp³-hybridized carbons (Fsp3) is 0.185. The fourth-order valence-electron chi connectivity index (χ4n) is 4.39. The largest absolute Gasteiger partial charge is 0.329 e. The van der Waals surface area contributed by atoms with E-state index in [0.29, 0.717) is 22.2 Å². The number of halogens is 1. The number of hydrogen-bond acceptors (Lipinski definition) is 3. The lowest BCUT2D eigenvalue weighted by atomic mass is 9.92. The summed E-state index contributed by atoms with van der Waals surface area (Å²) in [6, 6.07) is 23.4. The molecule has 1 aromatic heterocycles. The Morgan fingerprint density at radius 3 is 2.45 bits per heavy atom. The van der Waals surface area contributed by atoms with Crippen molar-refractivity contribution in [2.24, 2.45) is 0 Å². The Kier molecular flexibility index (Phi) is 5.43. The Morgan fingerprint density at radius 2 is 1.73 bits per heavy atom. The lowest BCUT2D eigenvalue weighted by Crippen LogP contribution is -2.31. The topological polar surface area (TPSA) is 59.0 Å². The Bertz CT molecular complexity index is 1390. The number of anilines is 2. The number of rotatable bonds is 4. The summed E-state index contributed by atoms with van der Waals surface area (Å²) in [5.74, 6) is 0.951. The van der Waals surface area contributed by atoms with Crippen LogP contribution in [0.2, 0.25) is 5.02 Å². The van der Waals surface area contributed by atoms with Crippen molar-refractivity contribution in [1.82, 2.24) is 9.55 Å². The Labute approximate surface area is 198 Å². The molecular formula is C27H25ClN4O. The number of fused-ring (bicyclic) bond motifs is 3. The van der Waals surface area contributed by atoms with Crippen LogP contribution in [0, 0.1) is 0 Å². The SMILES string of the molecule is CC1=C(C(=O)Nc2ccccc2Cl)[C@H](c2ccc(C(C)C)cc2)n2c(nc3ccccc32)N1. The molecule has 2 N–H and O–H groups in total. The molecule has 1 aliphatic heterocycles. The molecule has 5 nitrogen and oxygen atoms in total. The number of carbonyl (C=O) groups excluding carboxylic acids is 1. The minimum absolute atomic E-state index is 0.200. The molecular weight excluding hydrogens is 432 g/mol. The van der Waals surface area contributed by atoms with Gasteiger partial charge in [-0.05, 0) is 48.2 Å². The summed E-state index contributed by atoms with van der Waals surface area (Å²) in [4.78, 5) is 18.4. The van der Waals surface area contributed by atoms with Gasteiger partial charge in [-0.3, -0.25) is 9.36 Å². The normalized spacial score (nSPS) is 15.5. The summed E-state index contributed by atoms with van der Waals surface area (Å²) in [5.41, 5.74) is 6.10. The predicted octanol–water partition coefficient (Wildman–Crippen LogP) is 6.74. The maximum Gasteiger partial charge on any atom is 0.255 e. The lowest BCUT2D eigenvalue weighted by Gasteiger charge is -2.31. The third-order valence-electron chi connectivity index (χ3n) is 6.12. The first-order valence-corrected chi connectivity index (χ1v) is 11.4. The Balaban J connectivity index is 1.66. The first kappa shape index (κ1) is 21.3. The van der Waals surface area contributed by atoms with Gasteiger partial charge in [-0.2, -0.15) is 0 Å². The van der Waals surface area contributed by atoms with Crippen molar-refractivity contribution < 1.29 is 4.79 Å². The molecule has 6 heteroatoms. The van der Waals surface area contributed by atoms with Gasteiger partial charge in [-0.25, -0.2) is 4.98 Å². The van der Waals surface area contributed by atoms with E-state index in [9.17, 15) is 4.79 Å². The number of carbonyl (C=O) groups is 1. The highest BCUT2D eigenvalue weighted by molar-refractivity contribution is 6.33. The summed E-state index contributed by atoms with van der Waals surface area (Å²) in [7, 11) is 0. The molecule has 0 bridgehead atoms. The summed E-state index contributed by atoms with van der Waals surface area (Å²) in [6.45, 7) is 6.26. The summed E-state index contributed by atoms with van der Waals surface area (Å²) in [5, 5.41) is 6.86. The number of imidazole rings is 1. The zero-order valence-electron chi connectivity index (χ0n) is 18.8. The zero-order valence-corrected chi connectivity index (χ0v) is 19.5. The van der Waals surface area contributed by atoms with Crippen LogP contribution in [-0.4, -0.2) is 15.5 Å². The number of hydrogen-bond donors (Lipinski definition) is 2. The van der Waals surface area contributed by atoms with Crippen molar-refractivity contribution in [2.75, 3.05) is 10.6 Å². The highest BCUT2D eigenvalue weighted by Gasteiger charge is 2.34. The van der Waals surface area contributed by atoms with E-state index in [2.05, 4.69) is 53.3 Å². The van der Waals surface area contributed by atoms with E-state index in [-0.39, 0.29) is 11.9 Å². The van der Waals surface area contributed by atoms with Gasteiger partial charge in [0.05, 0.1) is 33.4 Å². The van der Waals surface area contributed by atoms with E-state index in [1.807, 2.05) is 43.3 Å². The Hall–Kier alpha value is -3.57. The van der Waals surface area contributed by atoms with Gasteiger partial charge in [0, 0.05) is 5.70 Å². The van der Waals surface area contributed by atoms with Crippen molar-refractivity contribution in [3.8, 4) is 0 Å². The van der Waals surface area contributed by atoms with Crippen LogP contribution in [0.25, 0.3) is 11.0 Å². The number of nitrogens with zero attached hydrogens (tertiary/aromatic N) is 2. The molecule has 3 aromatic carbocycles. The van der Waals surface area contributed by atoms with Crippen LogP contribution < -0.4 is 10.6 Å². The molecule has 0 spiro atoms. The van der Waals surface area contributed by atoms with Gasteiger partial charge in [0.1, 0.15) is 0 Å². The minimum atomic E-state index is -0.336. The fourth-order valence-corrected chi connectivity index (χ4v) is 4.57. The van der Waals surface area contributed by atoms with Gasteiger partial charge < -0.3 is 10.6 Å². The molecule has 5 rings (SSSR count). The number of nitrogens with one attached hydrogen (secondary N) is 2. The Morgan fingerprint density at radius 1 is 1.03 bits per heavy atom. The van der Waals surface area contributed by atoms with Crippen LogP contribution in [0.4, 0.5) is 11.6 Å². The molecule has 1 atom stereocenters. The highest BCUT2D eigenvalue weighted by atomic mass is 35.5. The van der Waals surface area contributed by atoms with Crippen LogP contribution in [-0.2, 0) is 4.79 Å². The molecule has 0 unspecified atom stereocenters. The molecule has 166 valence electrons. The molecule has 4 aromatic rings. The lowest BCUT2D eigenvalue weighted by molar-refractivity contribution is -0.113. The standard InChI is InChI=1S/C27H25ClN4O/c1-16(2)18-12-14-19(15-13-18)25-24(26(33)30-21-9-5-4-8-20(21)28)17(3)29-27-31-22-10-6-7-11-23(22)32(25)27/h4-16,25H,1-3H3,(H,29,31)(H,30,33)/t25-/m0/s1. The highest BCUT2D eigenvalue weighted by Crippen LogP contribution is 2.40. The third-order valence-corrected chi connectivity index (χ3v) is 6.45. The van der Waals surface area contributed by atoms with Crippen LogP contribution in [0.1, 0.15) is 43.9 Å². The minimum Gasteiger partial charge on any atom is -0.329 e. The average Bonchev–Trinajstić information content (AvgIpc) is 3.17. The molecule has 1 amide bonds. The third kappa shape index (κ3) is 3.79.